The minimum absolute atomic E-state index is 0.269. The predicted octanol–water partition coefficient (Wildman–Crippen LogP) is 3.09. The van der Waals surface area contributed by atoms with Crippen molar-refractivity contribution in [3.63, 3.8) is 0 Å². The first-order valence-corrected chi connectivity index (χ1v) is 5.65. The molecule has 0 saturated carbocycles. The van der Waals surface area contributed by atoms with E-state index in [1.54, 1.807) is 7.11 Å². The Kier molecular flexibility index (Phi) is 5.27. The third-order valence-corrected chi connectivity index (χ3v) is 2.37. The molecular formula is C14H18O3. The lowest BCUT2D eigenvalue weighted by Crippen LogP contribution is -2.06. The van der Waals surface area contributed by atoms with Gasteiger partial charge in [-0.2, -0.15) is 0 Å². The predicted molar refractivity (Wildman–Crippen MR) is 66.8 cm³/mol. The van der Waals surface area contributed by atoms with Gasteiger partial charge in [-0.15, -0.1) is 0 Å². The molecule has 0 aliphatic heterocycles. The van der Waals surface area contributed by atoms with Crippen molar-refractivity contribution in [2.75, 3.05) is 7.11 Å². The normalized spacial score (nSPS) is 9.76. The number of rotatable bonds is 6. The summed E-state index contributed by atoms with van der Waals surface area (Å²) in [5.74, 6) is 0.470. The van der Waals surface area contributed by atoms with Crippen LogP contribution in [0.15, 0.2) is 36.4 Å². The Bertz CT molecular complexity index is 379. The Morgan fingerprint density at radius 1 is 1.29 bits per heavy atom. The lowest BCUT2D eigenvalue weighted by Gasteiger charge is -2.07. The van der Waals surface area contributed by atoms with Gasteiger partial charge in [-0.1, -0.05) is 32.1 Å². The molecule has 0 unspecified atom stereocenters. The van der Waals surface area contributed by atoms with E-state index in [0.717, 1.165) is 17.7 Å². The van der Waals surface area contributed by atoms with Crippen LogP contribution in [0.25, 0.3) is 0 Å². The van der Waals surface area contributed by atoms with Gasteiger partial charge in [0.2, 0.25) is 0 Å². The number of benzene rings is 1. The van der Waals surface area contributed by atoms with Crippen molar-refractivity contribution < 1.29 is 14.3 Å². The molecule has 1 aromatic carbocycles. The zero-order valence-electron chi connectivity index (χ0n) is 10.4. The van der Waals surface area contributed by atoms with E-state index in [1.807, 2.05) is 31.2 Å². The van der Waals surface area contributed by atoms with Crippen molar-refractivity contribution in [3.05, 3.63) is 42.0 Å². The zero-order valence-corrected chi connectivity index (χ0v) is 10.4. The molecule has 0 aliphatic carbocycles. The topological polar surface area (TPSA) is 35.5 Å². The van der Waals surface area contributed by atoms with E-state index < -0.39 is 0 Å². The molecule has 1 aromatic rings. The highest BCUT2D eigenvalue weighted by molar-refractivity contribution is 5.87. The van der Waals surface area contributed by atoms with Crippen molar-refractivity contribution in [1.29, 1.82) is 0 Å². The van der Waals surface area contributed by atoms with Gasteiger partial charge < -0.3 is 9.47 Å². The molecule has 3 heteroatoms. The van der Waals surface area contributed by atoms with Crippen LogP contribution in [0, 0.1) is 0 Å². The van der Waals surface area contributed by atoms with Gasteiger partial charge in [-0.3, -0.25) is 0 Å². The number of methoxy groups -OCH3 is 1. The van der Waals surface area contributed by atoms with E-state index in [2.05, 4.69) is 6.58 Å². The quantitative estimate of drug-likeness (QED) is 0.560. The number of ether oxygens (including phenoxy) is 2. The highest BCUT2D eigenvalue weighted by atomic mass is 16.5. The monoisotopic (exact) mass is 234 g/mol. The van der Waals surface area contributed by atoms with E-state index in [0.29, 0.717) is 12.0 Å². The van der Waals surface area contributed by atoms with Crippen LogP contribution in [-0.2, 0) is 16.1 Å². The second-order valence-corrected chi connectivity index (χ2v) is 3.78. The van der Waals surface area contributed by atoms with Crippen LogP contribution >= 0.6 is 0 Å². The molecule has 0 spiro atoms. The third-order valence-electron chi connectivity index (χ3n) is 2.37. The summed E-state index contributed by atoms with van der Waals surface area (Å²) in [5.41, 5.74) is 1.46. The van der Waals surface area contributed by atoms with Crippen LogP contribution < -0.4 is 4.74 Å². The smallest absolute Gasteiger partial charge is 0.333 e. The molecule has 92 valence electrons. The third kappa shape index (κ3) is 4.31. The van der Waals surface area contributed by atoms with E-state index in [-0.39, 0.29) is 12.6 Å². The molecule has 0 aliphatic rings. The van der Waals surface area contributed by atoms with Crippen LogP contribution in [-0.4, -0.2) is 13.1 Å². The summed E-state index contributed by atoms with van der Waals surface area (Å²) < 4.78 is 10.2. The Morgan fingerprint density at radius 2 is 1.94 bits per heavy atom. The van der Waals surface area contributed by atoms with Crippen molar-refractivity contribution in [1.82, 2.24) is 0 Å². The minimum Gasteiger partial charge on any atom is -0.497 e. The lowest BCUT2D eigenvalue weighted by atomic mass is 10.2. The van der Waals surface area contributed by atoms with Crippen molar-refractivity contribution in [2.45, 2.75) is 26.4 Å². The number of esters is 1. The molecule has 0 saturated heterocycles. The van der Waals surface area contributed by atoms with Crippen LogP contribution in [0.1, 0.15) is 25.3 Å². The van der Waals surface area contributed by atoms with Gasteiger partial charge in [-0.25, -0.2) is 4.79 Å². The Morgan fingerprint density at radius 3 is 2.47 bits per heavy atom. The van der Waals surface area contributed by atoms with Gasteiger partial charge in [0, 0.05) is 5.57 Å². The number of carbonyl (C=O) groups excluding carboxylic acids is 1. The molecule has 0 fully saturated rings. The van der Waals surface area contributed by atoms with E-state index in [9.17, 15) is 4.79 Å². The summed E-state index contributed by atoms with van der Waals surface area (Å²) in [5, 5.41) is 0. The van der Waals surface area contributed by atoms with Crippen LogP contribution in [0.4, 0.5) is 0 Å². The number of hydrogen-bond donors (Lipinski definition) is 0. The Hall–Kier alpha value is -1.77. The summed E-state index contributed by atoms with van der Waals surface area (Å²) in [6, 6.07) is 7.41. The van der Waals surface area contributed by atoms with E-state index in [4.69, 9.17) is 9.47 Å². The summed E-state index contributed by atoms with van der Waals surface area (Å²) in [7, 11) is 1.61. The largest absolute Gasteiger partial charge is 0.497 e. The van der Waals surface area contributed by atoms with Gasteiger partial charge >= 0.3 is 5.97 Å². The standard InChI is InChI=1S/C14H18O3/c1-4-5-11(2)14(15)17-10-12-6-8-13(16-3)9-7-12/h6-9H,2,4-5,10H2,1,3H3. The molecule has 0 atom stereocenters. The molecule has 0 radical (unpaired) electrons. The summed E-state index contributed by atoms with van der Waals surface area (Å²) in [6.45, 7) is 5.96. The molecule has 0 N–H and O–H groups in total. The van der Waals surface area contributed by atoms with Gasteiger partial charge in [0.05, 0.1) is 7.11 Å². The maximum absolute atomic E-state index is 11.5. The number of carbonyl (C=O) groups is 1. The SMILES string of the molecule is C=C(CCC)C(=O)OCc1ccc(OC)cc1. The average molecular weight is 234 g/mol. The lowest BCUT2D eigenvalue weighted by molar-refractivity contribution is -0.140. The van der Waals surface area contributed by atoms with E-state index >= 15 is 0 Å². The molecular weight excluding hydrogens is 216 g/mol. The molecule has 17 heavy (non-hydrogen) atoms. The fourth-order valence-corrected chi connectivity index (χ4v) is 1.38. The minimum atomic E-state index is -0.317. The molecule has 0 bridgehead atoms. The van der Waals surface area contributed by atoms with Gasteiger partial charge in [-0.05, 0) is 24.1 Å². The molecule has 0 aromatic heterocycles. The highest BCUT2D eigenvalue weighted by Crippen LogP contribution is 2.13. The maximum atomic E-state index is 11.5. The zero-order chi connectivity index (χ0) is 12.7. The summed E-state index contributed by atoms with van der Waals surface area (Å²) >= 11 is 0. The van der Waals surface area contributed by atoms with Crippen molar-refractivity contribution in [2.24, 2.45) is 0 Å². The fraction of sp³-hybridized carbons (Fsp3) is 0.357. The maximum Gasteiger partial charge on any atom is 0.333 e. The van der Waals surface area contributed by atoms with Crippen molar-refractivity contribution in [3.8, 4) is 5.75 Å². The van der Waals surface area contributed by atoms with E-state index in [1.165, 1.54) is 0 Å². The highest BCUT2D eigenvalue weighted by Gasteiger charge is 2.07. The number of hydrogen-bond acceptors (Lipinski definition) is 3. The summed E-state index contributed by atoms with van der Waals surface area (Å²) in [6.07, 6.45) is 1.58. The summed E-state index contributed by atoms with van der Waals surface area (Å²) in [4.78, 5) is 11.5. The Balaban J connectivity index is 2.44. The molecule has 0 heterocycles. The second kappa shape index (κ2) is 6.74. The molecule has 0 amide bonds. The van der Waals surface area contributed by atoms with Crippen LogP contribution in [0.2, 0.25) is 0 Å². The molecule has 3 nitrogen and oxygen atoms in total. The van der Waals surface area contributed by atoms with Crippen molar-refractivity contribution >= 4 is 5.97 Å². The first-order valence-electron chi connectivity index (χ1n) is 5.65. The first-order chi connectivity index (χ1) is 8.17. The Labute approximate surface area is 102 Å². The molecule has 1 rings (SSSR count). The van der Waals surface area contributed by atoms with Crippen LogP contribution in [0.3, 0.4) is 0 Å². The van der Waals surface area contributed by atoms with Gasteiger partial charge in [0.15, 0.2) is 0 Å². The first kappa shape index (κ1) is 13.3. The van der Waals surface area contributed by atoms with Crippen LogP contribution in [0.5, 0.6) is 5.75 Å². The fourth-order valence-electron chi connectivity index (χ4n) is 1.38. The van der Waals surface area contributed by atoms with Gasteiger partial charge in [0.1, 0.15) is 12.4 Å². The van der Waals surface area contributed by atoms with Gasteiger partial charge in [0.25, 0.3) is 0 Å². The average Bonchev–Trinajstić information content (AvgIpc) is 2.36. The second-order valence-electron chi connectivity index (χ2n) is 3.78.